The molecule has 0 saturated heterocycles. The van der Waals surface area contributed by atoms with E-state index in [0.717, 1.165) is 36.2 Å². The standard InChI is InChI=1S/C21H21N3O3S/c1-2-28(26,27)17-13-11-15(12-14-17)21(25)22-20-18-9-6-10-19(18)23-24(20)16-7-4-3-5-8-16/h3-5,7-8,11-14H,2,6,9-10H2,1H3,(H,22,25). The number of aromatic nitrogens is 2. The third-order valence-corrected chi connectivity index (χ3v) is 6.75. The van der Waals surface area contributed by atoms with Crippen molar-refractivity contribution in [3.63, 3.8) is 0 Å². The molecule has 4 rings (SSSR count). The third kappa shape index (κ3) is 3.33. The molecule has 0 aliphatic heterocycles. The third-order valence-electron chi connectivity index (χ3n) is 5.00. The Hall–Kier alpha value is -2.93. The molecule has 28 heavy (non-hydrogen) atoms. The fourth-order valence-corrected chi connectivity index (χ4v) is 4.32. The fraction of sp³-hybridized carbons (Fsp3) is 0.238. The van der Waals surface area contributed by atoms with Crippen molar-refractivity contribution in [1.29, 1.82) is 0 Å². The number of fused-ring (bicyclic) bond motifs is 1. The minimum Gasteiger partial charge on any atom is -0.306 e. The van der Waals surface area contributed by atoms with Crippen molar-refractivity contribution in [1.82, 2.24) is 9.78 Å². The highest BCUT2D eigenvalue weighted by atomic mass is 32.2. The molecule has 1 amide bonds. The van der Waals surface area contributed by atoms with Crippen LogP contribution in [0.5, 0.6) is 0 Å². The first-order valence-corrected chi connectivity index (χ1v) is 10.9. The summed E-state index contributed by atoms with van der Waals surface area (Å²) in [6.45, 7) is 1.60. The quantitative estimate of drug-likeness (QED) is 0.718. The lowest BCUT2D eigenvalue weighted by Crippen LogP contribution is -2.16. The zero-order valence-corrected chi connectivity index (χ0v) is 16.4. The molecule has 0 unspecified atom stereocenters. The molecule has 2 aromatic carbocycles. The largest absolute Gasteiger partial charge is 0.306 e. The number of sulfone groups is 1. The number of nitrogens with one attached hydrogen (secondary N) is 1. The summed E-state index contributed by atoms with van der Waals surface area (Å²) in [4.78, 5) is 13.0. The molecule has 3 aromatic rings. The number of carbonyl (C=O) groups is 1. The number of benzene rings is 2. The van der Waals surface area contributed by atoms with Gasteiger partial charge in [-0.1, -0.05) is 25.1 Å². The van der Waals surface area contributed by atoms with E-state index in [1.54, 1.807) is 23.7 Å². The van der Waals surface area contributed by atoms with Crippen molar-refractivity contribution in [2.75, 3.05) is 11.1 Å². The predicted octanol–water partition coefficient (Wildman–Crippen LogP) is 3.41. The van der Waals surface area contributed by atoms with Gasteiger partial charge in [0.15, 0.2) is 9.84 Å². The monoisotopic (exact) mass is 395 g/mol. The van der Waals surface area contributed by atoms with Crippen LogP contribution in [0.2, 0.25) is 0 Å². The lowest BCUT2D eigenvalue weighted by atomic mass is 10.2. The van der Waals surface area contributed by atoms with E-state index >= 15 is 0 Å². The van der Waals surface area contributed by atoms with Crippen LogP contribution in [0.15, 0.2) is 59.5 Å². The zero-order valence-electron chi connectivity index (χ0n) is 15.6. The van der Waals surface area contributed by atoms with Crippen molar-refractivity contribution >= 4 is 21.6 Å². The van der Waals surface area contributed by atoms with E-state index in [0.29, 0.717) is 11.4 Å². The van der Waals surface area contributed by atoms with E-state index < -0.39 is 9.84 Å². The van der Waals surface area contributed by atoms with Crippen LogP contribution in [0.3, 0.4) is 0 Å². The van der Waals surface area contributed by atoms with Crippen LogP contribution in [0.4, 0.5) is 5.82 Å². The van der Waals surface area contributed by atoms with Gasteiger partial charge >= 0.3 is 0 Å². The van der Waals surface area contributed by atoms with Crippen LogP contribution in [-0.4, -0.2) is 29.9 Å². The Balaban J connectivity index is 1.65. The maximum absolute atomic E-state index is 12.8. The summed E-state index contributed by atoms with van der Waals surface area (Å²) in [6, 6.07) is 15.7. The van der Waals surface area contributed by atoms with Crippen LogP contribution in [-0.2, 0) is 22.7 Å². The molecule has 1 aliphatic carbocycles. The van der Waals surface area contributed by atoms with Crippen LogP contribution in [0.25, 0.3) is 5.69 Å². The summed E-state index contributed by atoms with van der Waals surface area (Å²) < 4.78 is 25.7. The summed E-state index contributed by atoms with van der Waals surface area (Å²) in [5, 5.41) is 7.68. The van der Waals surface area contributed by atoms with E-state index in [1.807, 2.05) is 30.3 Å². The van der Waals surface area contributed by atoms with E-state index in [-0.39, 0.29) is 16.6 Å². The second-order valence-corrected chi connectivity index (χ2v) is 9.03. The van der Waals surface area contributed by atoms with Gasteiger partial charge in [-0.25, -0.2) is 13.1 Å². The molecule has 1 aliphatic rings. The summed E-state index contributed by atoms with van der Waals surface area (Å²) in [6.07, 6.45) is 2.81. The van der Waals surface area contributed by atoms with E-state index in [9.17, 15) is 13.2 Å². The Bertz CT molecular complexity index is 1120. The highest BCUT2D eigenvalue weighted by molar-refractivity contribution is 7.91. The molecular formula is C21H21N3O3S. The van der Waals surface area contributed by atoms with Gasteiger partial charge < -0.3 is 5.32 Å². The van der Waals surface area contributed by atoms with Gasteiger partial charge in [0.05, 0.1) is 22.0 Å². The Morgan fingerprint density at radius 1 is 1.07 bits per heavy atom. The summed E-state index contributed by atoms with van der Waals surface area (Å²) in [5.41, 5.74) is 3.38. The molecule has 0 bridgehead atoms. The van der Waals surface area contributed by atoms with Crippen molar-refractivity contribution in [3.05, 3.63) is 71.4 Å². The lowest BCUT2D eigenvalue weighted by molar-refractivity contribution is 0.102. The van der Waals surface area contributed by atoms with E-state index in [4.69, 9.17) is 0 Å². The average Bonchev–Trinajstić information content (AvgIpc) is 3.31. The molecule has 144 valence electrons. The summed E-state index contributed by atoms with van der Waals surface area (Å²) in [5.74, 6) is 0.433. The van der Waals surface area contributed by atoms with Gasteiger partial charge in [0.2, 0.25) is 0 Å². The predicted molar refractivity (Wildman–Crippen MR) is 108 cm³/mol. The molecule has 1 N–H and O–H groups in total. The first kappa shape index (κ1) is 18.4. The number of anilines is 1. The molecule has 0 radical (unpaired) electrons. The normalized spacial score (nSPS) is 13.3. The second-order valence-electron chi connectivity index (χ2n) is 6.76. The molecule has 1 aromatic heterocycles. The van der Waals surface area contributed by atoms with Gasteiger partial charge in [-0.2, -0.15) is 5.10 Å². The Morgan fingerprint density at radius 3 is 2.46 bits per heavy atom. The summed E-state index contributed by atoms with van der Waals surface area (Å²) in [7, 11) is -3.29. The number of amides is 1. The van der Waals surface area contributed by atoms with E-state index in [1.165, 1.54) is 12.1 Å². The van der Waals surface area contributed by atoms with Crippen molar-refractivity contribution in [2.45, 2.75) is 31.1 Å². The van der Waals surface area contributed by atoms with Crippen molar-refractivity contribution in [2.24, 2.45) is 0 Å². The van der Waals surface area contributed by atoms with E-state index in [2.05, 4.69) is 10.4 Å². The number of nitrogens with zero attached hydrogens (tertiary/aromatic N) is 2. The number of aryl methyl sites for hydroxylation is 1. The van der Waals surface area contributed by atoms with Crippen LogP contribution < -0.4 is 5.32 Å². The van der Waals surface area contributed by atoms with Crippen molar-refractivity contribution < 1.29 is 13.2 Å². The lowest BCUT2D eigenvalue weighted by Gasteiger charge is -2.11. The van der Waals surface area contributed by atoms with Gasteiger partial charge in [-0.3, -0.25) is 4.79 Å². The maximum Gasteiger partial charge on any atom is 0.256 e. The van der Waals surface area contributed by atoms with Gasteiger partial charge in [0, 0.05) is 11.1 Å². The molecule has 0 fully saturated rings. The highest BCUT2D eigenvalue weighted by Crippen LogP contribution is 2.31. The Labute approximate surface area is 164 Å². The number of para-hydroxylation sites is 1. The first-order chi connectivity index (χ1) is 13.5. The molecule has 7 heteroatoms. The van der Waals surface area contributed by atoms with Crippen LogP contribution in [0.1, 0.15) is 35.0 Å². The number of hydrogen-bond acceptors (Lipinski definition) is 4. The number of carbonyl (C=O) groups excluding carboxylic acids is 1. The molecular weight excluding hydrogens is 374 g/mol. The van der Waals surface area contributed by atoms with Gasteiger partial charge in [0.25, 0.3) is 5.91 Å². The van der Waals surface area contributed by atoms with Gasteiger partial charge in [-0.05, 0) is 55.7 Å². The topological polar surface area (TPSA) is 81.1 Å². The smallest absolute Gasteiger partial charge is 0.256 e. The summed E-state index contributed by atoms with van der Waals surface area (Å²) >= 11 is 0. The molecule has 6 nitrogen and oxygen atoms in total. The first-order valence-electron chi connectivity index (χ1n) is 9.30. The van der Waals surface area contributed by atoms with Gasteiger partial charge in [0.1, 0.15) is 5.82 Å². The van der Waals surface area contributed by atoms with Gasteiger partial charge in [-0.15, -0.1) is 0 Å². The minimum absolute atomic E-state index is 0.0287. The molecule has 0 spiro atoms. The maximum atomic E-state index is 12.8. The number of rotatable bonds is 5. The average molecular weight is 395 g/mol. The van der Waals surface area contributed by atoms with Crippen molar-refractivity contribution in [3.8, 4) is 5.69 Å². The fourth-order valence-electron chi connectivity index (χ4n) is 3.44. The Morgan fingerprint density at radius 2 is 1.79 bits per heavy atom. The SMILES string of the molecule is CCS(=O)(=O)c1ccc(C(=O)Nc2c3c(nn2-c2ccccc2)CCC3)cc1. The molecule has 0 saturated carbocycles. The number of hydrogen-bond donors (Lipinski definition) is 1. The zero-order chi connectivity index (χ0) is 19.7. The second kappa shape index (κ2) is 7.24. The molecule has 0 atom stereocenters. The Kier molecular flexibility index (Phi) is 4.77. The minimum atomic E-state index is -3.29. The highest BCUT2D eigenvalue weighted by Gasteiger charge is 2.24. The molecule has 1 heterocycles. The van der Waals surface area contributed by atoms with Crippen LogP contribution in [0, 0.1) is 0 Å². The van der Waals surface area contributed by atoms with Crippen LogP contribution >= 0.6 is 0 Å².